The molecule has 1 aromatic heterocycles. The molecule has 0 saturated carbocycles. The van der Waals surface area contributed by atoms with Crippen molar-refractivity contribution >= 4 is 5.91 Å². The van der Waals surface area contributed by atoms with Crippen LogP contribution in [0.5, 0.6) is 0 Å². The third kappa shape index (κ3) is 4.41. The highest BCUT2D eigenvalue weighted by Gasteiger charge is 2.15. The Bertz CT molecular complexity index is 953. The van der Waals surface area contributed by atoms with Gasteiger partial charge < -0.3 is 15.2 Å². The number of rotatable bonds is 7. The molecule has 1 heterocycles. The molecule has 8 nitrogen and oxygen atoms in total. The van der Waals surface area contributed by atoms with Crippen LogP contribution in [0.15, 0.2) is 42.5 Å². The molecule has 0 saturated heterocycles. The first-order chi connectivity index (χ1) is 13.5. The van der Waals surface area contributed by atoms with Crippen molar-refractivity contribution in [3.05, 3.63) is 59.4 Å². The molecule has 28 heavy (non-hydrogen) atoms. The lowest BCUT2D eigenvalue weighted by Gasteiger charge is -2.14. The number of aryl methyl sites for hydroxylation is 1. The number of ether oxygens (including phenoxy) is 1. The van der Waals surface area contributed by atoms with Gasteiger partial charge in [-0.25, -0.2) is 0 Å². The number of hydrogen-bond acceptors (Lipinski definition) is 6. The molecule has 0 fully saturated rings. The van der Waals surface area contributed by atoms with Crippen LogP contribution in [0, 0.1) is 6.92 Å². The third-order valence-corrected chi connectivity index (χ3v) is 4.27. The fourth-order valence-corrected chi connectivity index (χ4v) is 2.76. The van der Waals surface area contributed by atoms with E-state index in [1.807, 2.05) is 43.3 Å². The Kier molecular flexibility index (Phi) is 6.13. The van der Waals surface area contributed by atoms with Crippen molar-refractivity contribution in [2.45, 2.75) is 26.5 Å². The van der Waals surface area contributed by atoms with E-state index in [9.17, 15) is 9.90 Å². The minimum atomic E-state index is -0.351. The standard InChI is InChI=1S/C20H23N5O3/c1-13-4-6-15(7-5-13)16-8-17(20(27)21-14(2)11-26)10-18(9-16)25-19(12-28-3)22-23-24-25/h4-10,14,26H,11-12H2,1-3H3,(H,21,27)/t14-/m0/s1. The smallest absolute Gasteiger partial charge is 0.251 e. The van der Waals surface area contributed by atoms with Crippen molar-refractivity contribution in [1.29, 1.82) is 0 Å². The number of nitrogens with zero attached hydrogens (tertiary/aromatic N) is 4. The molecular weight excluding hydrogens is 358 g/mol. The van der Waals surface area contributed by atoms with Gasteiger partial charge in [0.1, 0.15) is 6.61 Å². The summed E-state index contributed by atoms with van der Waals surface area (Å²) < 4.78 is 6.70. The van der Waals surface area contributed by atoms with Crippen molar-refractivity contribution < 1.29 is 14.6 Å². The minimum absolute atomic E-state index is 0.138. The highest BCUT2D eigenvalue weighted by molar-refractivity contribution is 5.96. The molecule has 0 bridgehead atoms. The summed E-state index contributed by atoms with van der Waals surface area (Å²) in [4.78, 5) is 12.7. The summed E-state index contributed by atoms with van der Waals surface area (Å²) in [6.07, 6.45) is 0. The molecular formula is C20H23N5O3. The third-order valence-electron chi connectivity index (χ3n) is 4.27. The van der Waals surface area contributed by atoms with Gasteiger partial charge in [-0.3, -0.25) is 4.79 Å². The van der Waals surface area contributed by atoms with E-state index in [4.69, 9.17) is 4.74 Å². The van der Waals surface area contributed by atoms with E-state index in [0.29, 0.717) is 17.1 Å². The molecule has 0 unspecified atom stereocenters. The predicted molar refractivity (Wildman–Crippen MR) is 104 cm³/mol. The lowest BCUT2D eigenvalue weighted by Crippen LogP contribution is -2.35. The summed E-state index contributed by atoms with van der Waals surface area (Å²) in [5, 5.41) is 23.7. The molecule has 0 aliphatic heterocycles. The van der Waals surface area contributed by atoms with Crippen molar-refractivity contribution in [1.82, 2.24) is 25.5 Å². The molecule has 2 aromatic carbocycles. The zero-order valence-corrected chi connectivity index (χ0v) is 16.1. The van der Waals surface area contributed by atoms with Gasteiger partial charge in [-0.2, -0.15) is 4.68 Å². The van der Waals surface area contributed by atoms with Crippen LogP contribution in [-0.2, 0) is 11.3 Å². The van der Waals surface area contributed by atoms with Gasteiger partial charge in [-0.05, 0) is 53.6 Å². The fraction of sp³-hybridized carbons (Fsp3) is 0.300. The van der Waals surface area contributed by atoms with E-state index in [2.05, 4.69) is 20.8 Å². The predicted octanol–water partition coefficient (Wildman–Crippen LogP) is 1.89. The SMILES string of the molecule is COCc1nnnn1-c1cc(C(=O)N[C@@H](C)CO)cc(-c2ccc(C)cc2)c1. The van der Waals surface area contributed by atoms with Crippen LogP contribution in [0.25, 0.3) is 16.8 Å². The molecule has 3 rings (SSSR count). The average molecular weight is 381 g/mol. The quantitative estimate of drug-likeness (QED) is 0.648. The first-order valence-corrected chi connectivity index (χ1v) is 8.92. The van der Waals surface area contributed by atoms with Crippen molar-refractivity contribution in [2.75, 3.05) is 13.7 Å². The Morgan fingerprint density at radius 1 is 1.21 bits per heavy atom. The molecule has 1 amide bonds. The second kappa shape index (κ2) is 8.73. The van der Waals surface area contributed by atoms with Crippen LogP contribution in [-0.4, -0.2) is 51.0 Å². The van der Waals surface area contributed by atoms with Crippen LogP contribution < -0.4 is 5.32 Å². The van der Waals surface area contributed by atoms with E-state index in [-0.39, 0.29) is 25.2 Å². The van der Waals surface area contributed by atoms with E-state index >= 15 is 0 Å². The second-order valence-electron chi connectivity index (χ2n) is 6.63. The fourth-order valence-electron chi connectivity index (χ4n) is 2.76. The van der Waals surface area contributed by atoms with Gasteiger partial charge in [0.15, 0.2) is 5.82 Å². The molecule has 2 N–H and O–H groups in total. The largest absolute Gasteiger partial charge is 0.394 e. The summed E-state index contributed by atoms with van der Waals surface area (Å²) in [6.45, 7) is 3.86. The Balaban J connectivity index is 2.09. The summed E-state index contributed by atoms with van der Waals surface area (Å²) in [6, 6.07) is 13.1. The maximum atomic E-state index is 12.7. The van der Waals surface area contributed by atoms with Crippen LogP contribution >= 0.6 is 0 Å². The first kappa shape index (κ1) is 19.7. The lowest BCUT2D eigenvalue weighted by atomic mass is 10.0. The van der Waals surface area contributed by atoms with E-state index in [1.165, 1.54) is 0 Å². The molecule has 1 atom stereocenters. The number of hydrogen-bond donors (Lipinski definition) is 2. The van der Waals surface area contributed by atoms with Crippen LogP contribution in [0.3, 0.4) is 0 Å². The Labute approximate surface area is 163 Å². The van der Waals surface area contributed by atoms with Gasteiger partial charge in [0.2, 0.25) is 0 Å². The molecule has 0 spiro atoms. The Morgan fingerprint density at radius 3 is 2.64 bits per heavy atom. The van der Waals surface area contributed by atoms with Crippen molar-refractivity contribution in [3.63, 3.8) is 0 Å². The number of amides is 1. The molecule has 0 aliphatic rings. The molecule has 8 heteroatoms. The Morgan fingerprint density at radius 2 is 1.96 bits per heavy atom. The Hall–Kier alpha value is -3.10. The number of carbonyl (C=O) groups is 1. The van der Waals surface area contributed by atoms with Gasteiger partial charge in [0.05, 0.1) is 12.3 Å². The number of aliphatic hydroxyl groups is 1. The molecule has 0 radical (unpaired) electrons. The minimum Gasteiger partial charge on any atom is -0.394 e. The number of tetrazole rings is 1. The summed E-state index contributed by atoms with van der Waals surface area (Å²) >= 11 is 0. The van der Waals surface area contributed by atoms with Gasteiger partial charge >= 0.3 is 0 Å². The second-order valence-corrected chi connectivity index (χ2v) is 6.63. The highest BCUT2D eigenvalue weighted by Crippen LogP contribution is 2.25. The first-order valence-electron chi connectivity index (χ1n) is 8.92. The molecule has 0 aliphatic carbocycles. The van der Waals surface area contributed by atoms with Crippen molar-refractivity contribution in [3.8, 4) is 16.8 Å². The highest BCUT2D eigenvalue weighted by atomic mass is 16.5. The lowest BCUT2D eigenvalue weighted by molar-refractivity contribution is 0.0922. The topological polar surface area (TPSA) is 102 Å². The van der Waals surface area contributed by atoms with Crippen LogP contribution in [0.2, 0.25) is 0 Å². The maximum absolute atomic E-state index is 12.7. The zero-order valence-electron chi connectivity index (χ0n) is 16.1. The number of aromatic nitrogens is 4. The summed E-state index contributed by atoms with van der Waals surface area (Å²) in [5.74, 6) is 0.247. The number of nitrogens with one attached hydrogen (secondary N) is 1. The van der Waals surface area contributed by atoms with Crippen molar-refractivity contribution in [2.24, 2.45) is 0 Å². The normalized spacial score (nSPS) is 12.0. The van der Waals surface area contributed by atoms with Crippen LogP contribution in [0.4, 0.5) is 0 Å². The summed E-state index contributed by atoms with van der Waals surface area (Å²) in [5.41, 5.74) is 4.08. The van der Waals surface area contributed by atoms with Gasteiger partial charge in [0.25, 0.3) is 5.91 Å². The molecule has 146 valence electrons. The van der Waals surface area contributed by atoms with Gasteiger partial charge in [-0.15, -0.1) is 5.10 Å². The van der Waals surface area contributed by atoms with E-state index in [1.54, 1.807) is 24.8 Å². The molecule has 3 aromatic rings. The van der Waals surface area contributed by atoms with Gasteiger partial charge in [-0.1, -0.05) is 29.8 Å². The van der Waals surface area contributed by atoms with E-state index in [0.717, 1.165) is 16.7 Å². The zero-order chi connectivity index (χ0) is 20.1. The number of aliphatic hydroxyl groups excluding tert-OH is 1. The maximum Gasteiger partial charge on any atom is 0.251 e. The average Bonchev–Trinajstić information content (AvgIpc) is 3.16. The summed E-state index contributed by atoms with van der Waals surface area (Å²) in [7, 11) is 1.57. The monoisotopic (exact) mass is 381 g/mol. The number of benzene rings is 2. The van der Waals surface area contributed by atoms with Crippen LogP contribution in [0.1, 0.15) is 28.7 Å². The van der Waals surface area contributed by atoms with E-state index < -0.39 is 0 Å². The van der Waals surface area contributed by atoms with Gasteiger partial charge in [0, 0.05) is 18.7 Å². The number of carbonyl (C=O) groups excluding carboxylic acids is 1. The number of methoxy groups -OCH3 is 1.